The van der Waals surface area contributed by atoms with Gasteiger partial charge in [-0.2, -0.15) is 0 Å². The lowest BCUT2D eigenvalue weighted by Crippen LogP contribution is -2.46. The van der Waals surface area contributed by atoms with Gasteiger partial charge in [0.15, 0.2) is 0 Å². The monoisotopic (exact) mass is 543 g/mol. The van der Waals surface area contributed by atoms with Gasteiger partial charge in [-0.25, -0.2) is 4.68 Å². The van der Waals surface area contributed by atoms with Crippen LogP contribution in [0.4, 0.5) is 5.69 Å². The molecule has 0 radical (unpaired) electrons. The van der Waals surface area contributed by atoms with Crippen LogP contribution in [-0.4, -0.2) is 59.8 Å². The summed E-state index contributed by atoms with van der Waals surface area (Å²) in [5.41, 5.74) is 2.48. The van der Waals surface area contributed by atoms with E-state index in [4.69, 9.17) is 14.2 Å². The highest BCUT2D eigenvalue weighted by Crippen LogP contribution is 2.36. The van der Waals surface area contributed by atoms with E-state index in [1.54, 1.807) is 28.9 Å². The number of carbonyl (C=O) groups is 2. The van der Waals surface area contributed by atoms with Crippen LogP contribution in [0.25, 0.3) is 11.0 Å². The first-order chi connectivity index (χ1) is 19.6. The zero-order chi connectivity index (χ0) is 27.9. The molecule has 1 aliphatic rings. The molecule has 3 aromatic carbocycles. The molecule has 2 atom stereocenters. The van der Waals surface area contributed by atoms with Crippen molar-refractivity contribution in [1.29, 1.82) is 0 Å². The lowest BCUT2D eigenvalue weighted by Gasteiger charge is -2.32. The Morgan fingerprint density at radius 3 is 2.62 bits per heavy atom. The number of para-hydroxylation sites is 3. The number of hydrogen-bond donors (Lipinski definition) is 1. The van der Waals surface area contributed by atoms with Gasteiger partial charge in [-0.3, -0.25) is 14.5 Å². The molecule has 0 unspecified atom stereocenters. The summed E-state index contributed by atoms with van der Waals surface area (Å²) >= 11 is 0. The SMILES string of the molecule is CCOc1ccc([C@H](C(=O)NC[C@@H]2CCCO2)N(C(=O)Cn2nnc3ccccc32)c2ccccc2OC)cc1. The molecule has 4 aromatic rings. The second-order valence-corrected chi connectivity index (χ2v) is 9.46. The first kappa shape index (κ1) is 27.1. The smallest absolute Gasteiger partial charge is 0.249 e. The average Bonchev–Trinajstić information content (AvgIpc) is 3.66. The van der Waals surface area contributed by atoms with Gasteiger partial charge in [0.2, 0.25) is 11.8 Å². The van der Waals surface area contributed by atoms with E-state index < -0.39 is 6.04 Å². The quantitative estimate of drug-likeness (QED) is 0.306. The van der Waals surface area contributed by atoms with Crippen LogP contribution >= 0.6 is 0 Å². The van der Waals surface area contributed by atoms with Crippen LogP contribution < -0.4 is 19.7 Å². The number of methoxy groups -OCH3 is 1. The molecule has 2 heterocycles. The molecule has 1 fully saturated rings. The summed E-state index contributed by atoms with van der Waals surface area (Å²) < 4.78 is 18.5. The number of nitrogens with zero attached hydrogens (tertiary/aromatic N) is 4. The molecule has 0 saturated carbocycles. The minimum atomic E-state index is -1.00. The minimum absolute atomic E-state index is 0.0538. The zero-order valence-electron chi connectivity index (χ0n) is 22.7. The van der Waals surface area contributed by atoms with Crippen LogP contribution in [0.15, 0.2) is 72.8 Å². The predicted octanol–water partition coefficient (Wildman–Crippen LogP) is 3.91. The Labute approximate surface area is 232 Å². The Kier molecular flexibility index (Phi) is 8.56. The number of aromatic nitrogens is 3. The molecular weight excluding hydrogens is 510 g/mol. The number of hydrogen-bond acceptors (Lipinski definition) is 7. The van der Waals surface area contributed by atoms with E-state index in [-0.39, 0.29) is 24.5 Å². The van der Waals surface area contributed by atoms with E-state index >= 15 is 0 Å². The van der Waals surface area contributed by atoms with Gasteiger partial charge in [-0.1, -0.05) is 41.6 Å². The second kappa shape index (κ2) is 12.6. The molecule has 5 rings (SSSR count). The van der Waals surface area contributed by atoms with Gasteiger partial charge in [0.25, 0.3) is 0 Å². The van der Waals surface area contributed by atoms with Crippen molar-refractivity contribution in [3.63, 3.8) is 0 Å². The van der Waals surface area contributed by atoms with Crippen molar-refractivity contribution < 1.29 is 23.8 Å². The lowest BCUT2D eigenvalue weighted by atomic mass is 10.0. The maximum absolute atomic E-state index is 14.2. The van der Waals surface area contributed by atoms with Gasteiger partial charge >= 0.3 is 0 Å². The summed E-state index contributed by atoms with van der Waals surface area (Å²) in [5.74, 6) is 0.449. The summed E-state index contributed by atoms with van der Waals surface area (Å²) in [5, 5.41) is 11.4. The molecule has 1 saturated heterocycles. The van der Waals surface area contributed by atoms with Crippen molar-refractivity contribution >= 4 is 28.5 Å². The Morgan fingerprint density at radius 2 is 1.88 bits per heavy atom. The Morgan fingerprint density at radius 1 is 1.10 bits per heavy atom. The third kappa shape index (κ3) is 5.91. The van der Waals surface area contributed by atoms with Gasteiger partial charge in [-0.05, 0) is 61.7 Å². The van der Waals surface area contributed by atoms with Gasteiger partial charge in [0.05, 0.1) is 31.0 Å². The number of anilines is 1. The van der Waals surface area contributed by atoms with Crippen LogP contribution in [0.5, 0.6) is 11.5 Å². The van der Waals surface area contributed by atoms with Crippen molar-refractivity contribution in [2.45, 2.75) is 38.5 Å². The normalized spacial score (nSPS) is 15.5. The molecule has 1 N–H and O–H groups in total. The number of carbonyl (C=O) groups excluding carboxylic acids is 2. The van der Waals surface area contributed by atoms with Crippen LogP contribution in [0.1, 0.15) is 31.4 Å². The van der Waals surface area contributed by atoms with Crippen LogP contribution in [0, 0.1) is 0 Å². The van der Waals surface area contributed by atoms with E-state index in [2.05, 4.69) is 15.6 Å². The summed E-state index contributed by atoms with van der Waals surface area (Å²) in [7, 11) is 1.54. The molecule has 10 heteroatoms. The van der Waals surface area contributed by atoms with E-state index in [0.29, 0.717) is 48.0 Å². The molecule has 1 aromatic heterocycles. The first-order valence-corrected chi connectivity index (χ1v) is 13.4. The highest BCUT2D eigenvalue weighted by molar-refractivity contribution is 6.02. The number of benzene rings is 3. The molecule has 0 bridgehead atoms. The van der Waals surface area contributed by atoms with Crippen molar-refractivity contribution in [3.05, 3.63) is 78.4 Å². The fourth-order valence-corrected chi connectivity index (χ4v) is 4.93. The molecule has 10 nitrogen and oxygen atoms in total. The molecule has 208 valence electrons. The minimum Gasteiger partial charge on any atom is -0.495 e. The number of fused-ring (bicyclic) bond motifs is 1. The molecule has 0 spiro atoms. The van der Waals surface area contributed by atoms with Crippen LogP contribution in [0.3, 0.4) is 0 Å². The molecule has 40 heavy (non-hydrogen) atoms. The summed E-state index contributed by atoms with van der Waals surface area (Å²) in [4.78, 5) is 29.7. The molecule has 2 amide bonds. The van der Waals surface area contributed by atoms with Gasteiger partial charge < -0.3 is 19.5 Å². The Bertz CT molecular complexity index is 1450. The van der Waals surface area contributed by atoms with Crippen molar-refractivity contribution in [1.82, 2.24) is 20.3 Å². The number of nitrogens with one attached hydrogen (secondary N) is 1. The van der Waals surface area contributed by atoms with Crippen LogP contribution in [-0.2, 0) is 20.9 Å². The van der Waals surface area contributed by atoms with Crippen molar-refractivity contribution in [3.8, 4) is 11.5 Å². The topological polar surface area (TPSA) is 108 Å². The summed E-state index contributed by atoms with van der Waals surface area (Å²) in [6.07, 6.45) is 1.78. The second-order valence-electron chi connectivity index (χ2n) is 9.46. The number of amides is 2. The van der Waals surface area contributed by atoms with Crippen molar-refractivity contribution in [2.75, 3.05) is 31.8 Å². The predicted molar refractivity (Wildman–Crippen MR) is 150 cm³/mol. The van der Waals surface area contributed by atoms with E-state index in [9.17, 15) is 9.59 Å². The van der Waals surface area contributed by atoms with E-state index in [1.165, 1.54) is 12.0 Å². The molecule has 0 aliphatic carbocycles. The lowest BCUT2D eigenvalue weighted by molar-refractivity contribution is -0.127. The standard InChI is InChI=1S/C30H33N5O5/c1-3-39-22-16-14-21(15-17-22)29(30(37)31-19-23-9-8-18-40-23)35(26-12-6-7-13-27(26)38-2)28(36)20-34-25-11-5-4-10-24(25)32-33-34/h4-7,10-17,23,29H,3,8-9,18-20H2,1-2H3,(H,31,37)/t23-,29+/m0/s1. The third-order valence-electron chi connectivity index (χ3n) is 6.86. The first-order valence-electron chi connectivity index (χ1n) is 13.4. The maximum Gasteiger partial charge on any atom is 0.249 e. The fourth-order valence-electron chi connectivity index (χ4n) is 4.93. The number of ether oxygens (including phenoxy) is 3. The van der Waals surface area contributed by atoms with E-state index in [1.807, 2.05) is 55.5 Å². The largest absolute Gasteiger partial charge is 0.495 e. The third-order valence-corrected chi connectivity index (χ3v) is 6.86. The zero-order valence-corrected chi connectivity index (χ0v) is 22.7. The van der Waals surface area contributed by atoms with Crippen LogP contribution in [0.2, 0.25) is 0 Å². The fraction of sp³-hybridized carbons (Fsp3) is 0.333. The molecular formula is C30H33N5O5. The highest BCUT2D eigenvalue weighted by Gasteiger charge is 2.35. The summed E-state index contributed by atoms with van der Waals surface area (Å²) in [6.45, 7) is 3.33. The van der Waals surface area contributed by atoms with Gasteiger partial charge in [0, 0.05) is 13.2 Å². The maximum atomic E-state index is 14.2. The van der Waals surface area contributed by atoms with Gasteiger partial charge in [0.1, 0.15) is 29.6 Å². The van der Waals surface area contributed by atoms with Crippen molar-refractivity contribution in [2.24, 2.45) is 0 Å². The van der Waals surface area contributed by atoms with Gasteiger partial charge in [-0.15, -0.1) is 5.10 Å². The Hall–Kier alpha value is -4.44. The Balaban J connectivity index is 1.56. The van der Waals surface area contributed by atoms with E-state index in [0.717, 1.165) is 18.4 Å². The highest BCUT2D eigenvalue weighted by atomic mass is 16.5. The average molecular weight is 544 g/mol. The molecule has 1 aliphatic heterocycles. The number of rotatable bonds is 11. The summed E-state index contributed by atoms with van der Waals surface area (Å²) in [6, 6.07) is 20.8.